The van der Waals surface area contributed by atoms with Crippen LogP contribution in [-0.4, -0.2) is 4.57 Å². The zero-order chi connectivity index (χ0) is 40.3. The SMILES string of the molecule is CC1(C)c2ccccc2-c2ccc(N(c3cc(-c4ccc(-n5c6ccccc6c6ccccc65)cc4)c4ccccc4c3)c3cccc4c3-c3ccccc3C4(C)C)cc21. The Morgan fingerprint density at radius 2 is 0.950 bits per heavy atom. The minimum absolute atomic E-state index is 0.123. The maximum Gasteiger partial charge on any atom is 0.0543 e. The zero-order valence-electron chi connectivity index (χ0n) is 34.4. The van der Waals surface area contributed by atoms with Crippen molar-refractivity contribution in [3.05, 3.63) is 216 Å². The molecule has 12 rings (SSSR count). The lowest BCUT2D eigenvalue weighted by molar-refractivity contribution is 0.660. The molecule has 60 heavy (non-hydrogen) atoms. The standard InChI is InChI=1S/C58H44N2/c1-57(2)50-23-12-8-21-47(50)56-51(57)24-15-27-55(56)59(40-32-33-44-43-18-7-11-22-49(43)58(3,4)52(44)36-40)41-34-38-16-5-6-17-42(38)48(35-41)37-28-30-39(31-29-37)60-53-25-13-9-19-45(53)46-20-10-14-26-54(46)60/h5-36H,1-4H3. The largest absolute Gasteiger partial charge is 0.310 e. The minimum Gasteiger partial charge on any atom is -0.310 e. The van der Waals surface area contributed by atoms with Gasteiger partial charge < -0.3 is 9.47 Å². The molecule has 0 N–H and O–H groups in total. The summed E-state index contributed by atoms with van der Waals surface area (Å²) in [5, 5.41) is 4.99. The Kier molecular flexibility index (Phi) is 7.36. The lowest BCUT2D eigenvalue weighted by atomic mass is 9.82. The van der Waals surface area contributed by atoms with Crippen LogP contribution in [0.2, 0.25) is 0 Å². The lowest BCUT2D eigenvalue weighted by Crippen LogP contribution is -2.17. The van der Waals surface area contributed by atoms with Gasteiger partial charge in [0.15, 0.2) is 0 Å². The Bertz CT molecular complexity index is 3320. The predicted octanol–water partition coefficient (Wildman–Crippen LogP) is 15.7. The Morgan fingerprint density at radius 3 is 1.68 bits per heavy atom. The van der Waals surface area contributed by atoms with Gasteiger partial charge >= 0.3 is 0 Å². The number of hydrogen-bond acceptors (Lipinski definition) is 1. The number of fused-ring (bicyclic) bond motifs is 10. The van der Waals surface area contributed by atoms with Gasteiger partial charge in [-0.1, -0.05) is 167 Å². The number of para-hydroxylation sites is 2. The molecule has 0 fully saturated rings. The fourth-order valence-electron chi connectivity index (χ4n) is 10.8. The van der Waals surface area contributed by atoms with E-state index in [2.05, 4.69) is 231 Å². The number of hydrogen-bond donors (Lipinski definition) is 0. The van der Waals surface area contributed by atoms with Crippen molar-refractivity contribution < 1.29 is 0 Å². The summed E-state index contributed by atoms with van der Waals surface area (Å²) in [5.74, 6) is 0. The third-order valence-corrected chi connectivity index (χ3v) is 13.8. The Hall–Kier alpha value is -7.16. The van der Waals surface area contributed by atoms with Crippen molar-refractivity contribution in [2.45, 2.75) is 38.5 Å². The fraction of sp³-hybridized carbons (Fsp3) is 0.103. The van der Waals surface area contributed by atoms with Crippen LogP contribution in [0, 0.1) is 0 Å². The van der Waals surface area contributed by atoms with Crippen LogP contribution >= 0.6 is 0 Å². The first-order chi connectivity index (χ1) is 29.3. The van der Waals surface area contributed by atoms with Crippen LogP contribution in [0.5, 0.6) is 0 Å². The van der Waals surface area contributed by atoms with E-state index in [4.69, 9.17) is 0 Å². The van der Waals surface area contributed by atoms with Crippen molar-refractivity contribution in [2.24, 2.45) is 0 Å². The summed E-state index contributed by atoms with van der Waals surface area (Å²) in [4.78, 5) is 2.54. The van der Waals surface area contributed by atoms with Gasteiger partial charge in [-0.3, -0.25) is 0 Å². The highest BCUT2D eigenvalue weighted by atomic mass is 15.1. The zero-order valence-corrected chi connectivity index (χ0v) is 34.4. The molecule has 1 heterocycles. The van der Waals surface area contributed by atoms with Gasteiger partial charge in [0.2, 0.25) is 0 Å². The summed E-state index contributed by atoms with van der Waals surface area (Å²) in [6.45, 7) is 9.50. The van der Waals surface area contributed by atoms with E-state index in [1.165, 1.54) is 93.9 Å². The summed E-state index contributed by atoms with van der Waals surface area (Å²) >= 11 is 0. The monoisotopic (exact) mass is 768 g/mol. The van der Waals surface area contributed by atoms with E-state index in [0.29, 0.717) is 0 Å². The van der Waals surface area contributed by atoms with E-state index >= 15 is 0 Å². The number of benzene rings is 9. The molecule has 0 unspecified atom stereocenters. The number of rotatable bonds is 5. The first-order valence-electron chi connectivity index (χ1n) is 21.2. The minimum atomic E-state index is -0.131. The smallest absolute Gasteiger partial charge is 0.0543 e. The van der Waals surface area contributed by atoms with Crippen LogP contribution in [0.1, 0.15) is 49.9 Å². The third kappa shape index (κ3) is 4.88. The molecular weight excluding hydrogens is 725 g/mol. The lowest BCUT2D eigenvalue weighted by Gasteiger charge is -2.31. The van der Waals surface area contributed by atoms with Crippen LogP contribution in [0.15, 0.2) is 194 Å². The molecular formula is C58H44N2. The molecule has 0 atom stereocenters. The van der Waals surface area contributed by atoms with Crippen molar-refractivity contribution in [3.63, 3.8) is 0 Å². The summed E-state index contributed by atoms with van der Waals surface area (Å²) < 4.78 is 2.40. The van der Waals surface area contributed by atoms with Gasteiger partial charge in [-0.2, -0.15) is 0 Å². The topological polar surface area (TPSA) is 8.17 Å². The molecule has 0 radical (unpaired) electrons. The molecule has 2 aliphatic carbocycles. The van der Waals surface area contributed by atoms with E-state index in [0.717, 1.165) is 17.1 Å². The Labute approximate surface area is 351 Å². The first kappa shape index (κ1) is 34.8. The molecule has 286 valence electrons. The summed E-state index contributed by atoms with van der Waals surface area (Å²) in [7, 11) is 0. The molecule has 0 aliphatic heterocycles. The van der Waals surface area contributed by atoms with E-state index in [9.17, 15) is 0 Å². The number of aromatic nitrogens is 1. The van der Waals surface area contributed by atoms with E-state index in [1.807, 2.05) is 0 Å². The second-order valence-corrected chi connectivity index (χ2v) is 17.7. The van der Waals surface area contributed by atoms with Crippen molar-refractivity contribution in [2.75, 3.05) is 4.90 Å². The molecule has 1 aromatic heterocycles. The maximum absolute atomic E-state index is 2.54. The molecule has 0 saturated carbocycles. The van der Waals surface area contributed by atoms with Crippen LogP contribution in [0.25, 0.3) is 71.6 Å². The van der Waals surface area contributed by atoms with Crippen LogP contribution in [-0.2, 0) is 10.8 Å². The van der Waals surface area contributed by atoms with Gasteiger partial charge in [-0.25, -0.2) is 0 Å². The molecule has 0 spiro atoms. The molecule has 10 aromatic rings. The molecule has 0 amide bonds. The molecule has 0 bridgehead atoms. The second-order valence-electron chi connectivity index (χ2n) is 17.7. The van der Waals surface area contributed by atoms with Crippen molar-refractivity contribution in [1.29, 1.82) is 0 Å². The summed E-state index contributed by atoms with van der Waals surface area (Å²) in [6, 6.07) is 72.4. The highest BCUT2D eigenvalue weighted by Crippen LogP contribution is 2.56. The van der Waals surface area contributed by atoms with Crippen molar-refractivity contribution in [1.82, 2.24) is 4.57 Å². The second kappa shape index (κ2) is 12.7. The average Bonchev–Trinajstić information content (AvgIpc) is 3.83. The van der Waals surface area contributed by atoms with Gasteiger partial charge in [-0.15, -0.1) is 0 Å². The van der Waals surface area contributed by atoms with E-state index in [-0.39, 0.29) is 10.8 Å². The average molecular weight is 769 g/mol. The molecule has 9 aromatic carbocycles. The summed E-state index contributed by atoms with van der Waals surface area (Å²) in [6.07, 6.45) is 0. The number of nitrogens with zero attached hydrogens (tertiary/aromatic N) is 2. The van der Waals surface area contributed by atoms with Gasteiger partial charge in [-0.05, 0) is 115 Å². The molecule has 2 nitrogen and oxygen atoms in total. The Balaban J connectivity index is 1.08. The van der Waals surface area contributed by atoms with Gasteiger partial charge in [0, 0.05) is 44.2 Å². The van der Waals surface area contributed by atoms with Crippen LogP contribution in [0.3, 0.4) is 0 Å². The van der Waals surface area contributed by atoms with E-state index < -0.39 is 0 Å². The number of anilines is 3. The highest BCUT2D eigenvalue weighted by Gasteiger charge is 2.39. The predicted molar refractivity (Wildman–Crippen MR) is 254 cm³/mol. The third-order valence-electron chi connectivity index (χ3n) is 13.8. The van der Waals surface area contributed by atoms with Crippen molar-refractivity contribution >= 4 is 49.6 Å². The van der Waals surface area contributed by atoms with Gasteiger partial charge in [0.05, 0.1) is 16.7 Å². The normalized spacial score (nSPS) is 14.3. The fourth-order valence-corrected chi connectivity index (χ4v) is 10.8. The van der Waals surface area contributed by atoms with E-state index in [1.54, 1.807) is 0 Å². The van der Waals surface area contributed by atoms with Gasteiger partial charge in [0.1, 0.15) is 0 Å². The first-order valence-corrected chi connectivity index (χ1v) is 21.2. The van der Waals surface area contributed by atoms with Crippen LogP contribution < -0.4 is 4.90 Å². The summed E-state index contributed by atoms with van der Waals surface area (Å²) in [5.41, 5.74) is 20.0. The van der Waals surface area contributed by atoms with Crippen LogP contribution in [0.4, 0.5) is 17.1 Å². The molecule has 2 heteroatoms. The quantitative estimate of drug-likeness (QED) is 0.169. The maximum atomic E-state index is 2.54. The highest BCUT2D eigenvalue weighted by molar-refractivity contribution is 6.09. The molecule has 2 aliphatic rings. The Morgan fingerprint density at radius 1 is 0.383 bits per heavy atom. The van der Waals surface area contributed by atoms with Crippen molar-refractivity contribution in [3.8, 4) is 39.1 Å². The van der Waals surface area contributed by atoms with Gasteiger partial charge in [0.25, 0.3) is 0 Å². The molecule has 0 saturated heterocycles.